The van der Waals surface area contributed by atoms with Gasteiger partial charge in [0, 0.05) is 49.3 Å². The number of nitrogens with zero attached hydrogens (tertiary/aromatic N) is 4. The van der Waals surface area contributed by atoms with Crippen LogP contribution in [-0.2, 0) is 19.5 Å². The zero-order valence-electron chi connectivity index (χ0n) is 16.7. The van der Waals surface area contributed by atoms with E-state index in [2.05, 4.69) is 15.6 Å². The van der Waals surface area contributed by atoms with Crippen LogP contribution >= 0.6 is 0 Å². The lowest BCUT2D eigenvalue weighted by Crippen LogP contribution is -2.37. The number of nitrogens with one attached hydrogen (secondary N) is 1. The van der Waals surface area contributed by atoms with E-state index in [0.29, 0.717) is 49.1 Å². The predicted molar refractivity (Wildman–Crippen MR) is 102 cm³/mol. The normalized spacial score (nSPS) is 16.4. The Morgan fingerprint density at radius 1 is 1.36 bits per heavy atom. The molecular formula is C20H27N5O3. The van der Waals surface area contributed by atoms with Crippen molar-refractivity contribution in [3.05, 3.63) is 34.5 Å². The van der Waals surface area contributed by atoms with E-state index in [-0.39, 0.29) is 17.7 Å². The molecule has 0 atom stereocenters. The molecule has 1 aliphatic heterocycles. The Morgan fingerprint density at radius 2 is 2.14 bits per heavy atom. The molecule has 1 fully saturated rings. The van der Waals surface area contributed by atoms with E-state index in [0.717, 1.165) is 17.8 Å². The van der Waals surface area contributed by atoms with Crippen LogP contribution in [0.1, 0.15) is 77.5 Å². The van der Waals surface area contributed by atoms with Crippen molar-refractivity contribution in [2.24, 2.45) is 5.92 Å². The Bertz CT molecular complexity index is 894. The van der Waals surface area contributed by atoms with Gasteiger partial charge in [0.15, 0.2) is 11.4 Å². The van der Waals surface area contributed by atoms with Crippen LogP contribution in [0.5, 0.6) is 0 Å². The number of rotatable bonds is 6. The highest BCUT2D eigenvalue weighted by atomic mass is 16.5. The first-order valence-corrected chi connectivity index (χ1v) is 10.1. The number of fused-ring (bicyclic) bond motifs is 1. The second-order valence-electron chi connectivity index (χ2n) is 8.00. The van der Waals surface area contributed by atoms with Gasteiger partial charge in [0.2, 0.25) is 0 Å². The van der Waals surface area contributed by atoms with Gasteiger partial charge in [0.1, 0.15) is 5.76 Å². The SMILES string of the molecule is CCNC(=O)c1nn(CC2CC2)c2c1CN(C(=O)c1cc(C(C)C)on1)CC2. The fraction of sp³-hybridized carbons (Fsp3) is 0.600. The summed E-state index contributed by atoms with van der Waals surface area (Å²) in [7, 11) is 0. The molecular weight excluding hydrogens is 358 g/mol. The Kier molecular flexibility index (Phi) is 4.95. The summed E-state index contributed by atoms with van der Waals surface area (Å²) >= 11 is 0. The molecule has 0 bridgehead atoms. The highest BCUT2D eigenvalue weighted by molar-refractivity contribution is 5.95. The lowest BCUT2D eigenvalue weighted by molar-refractivity contribution is 0.0719. The molecule has 150 valence electrons. The number of aromatic nitrogens is 3. The Labute approximate surface area is 164 Å². The van der Waals surface area contributed by atoms with Crippen LogP contribution in [0, 0.1) is 5.92 Å². The van der Waals surface area contributed by atoms with Crippen LogP contribution in [0.3, 0.4) is 0 Å². The topological polar surface area (TPSA) is 93.3 Å². The van der Waals surface area contributed by atoms with Gasteiger partial charge in [-0.25, -0.2) is 0 Å². The molecule has 1 aliphatic carbocycles. The minimum absolute atomic E-state index is 0.168. The first-order valence-electron chi connectivity index (χ1n) is 10.1. The van der Waals surface area contributed by atoms with E-state index in [1.165, 1.54) is 12.8 Å². The summed E-state index contributed by atoms with van der Waals surface area (Å²) in [5.74, 6) is 1.19. The van der Waals surface area contributed by atoms with Crippen molar-refractivity contribution in [2.75, 3.05) is 13.1 Å². The zero-order chi connectivity index (χ0) is 19.8. The molecule has 4 rings (SSSR count). The molecule has 2 aromatic heterocycles. The first-order chi connectivity index (χ1) is 13.5. The van der Waals surface area contributed by atoms with E-state index in [1.807, 2.05) is 25.5 Å². The Morgan fingerprint density at radius 3 is 2.79 bits per heavy atom. The van der Waals surface area contributed by atoms with E-state index < -0.39 is 0 Å². The quantitative estimate of drug-likeness (QED) is 0.824. The van der Waals surface area contributed by atoms with Crippen molar-refractivity contribution in [1.29, 1.82) is 0 Å². The average Bonchev–Trinajstić information content (AvgIpc) is 3.22. The van der Waals surface area contributed by atoms with E-state index >= 15 is 0 Å². The smallest absolute Gasteiger partial charge is 0.276 e. The van der Waals surface area contributed by atoms with Crippen molar-refractivity contribution in [1.82, 2.24) is 25.2 Å². The number of carbonyl (C=O) groups excluding carboxylic acids is 2. The van der Waals surface area contributed by atoms with Gasteiger partial charge in [-0.2, -0.15) is 5.10 Å². The van der Waals surface area contributed by atoms with Crippen molar-refractivity contribution >= 4 is 11.8 Å². The highest BCUT2D eigenvalue weighted by Crippen LogP contribution is 2.33. The first kappa shape index (κ1) is 18.7. The van der Waals surface area contributed by atoms with Gasteiger partial charge < -0.3 is 14.7 Å². The summed E-state index contributed by atoms with van der Waals surface area (Å²) in [5.41, 5.74) is 2.70. The molecule has 2 amide bonds. The molecule has 0 saturated heterocycles. The van der Waals surface area contributed by atoms with Crippen LogP contribution in [0.15, 0.2) is 10.6 Å². The van der Waals surface area contributed by atoms with Gasteiger partial charge in [-0.1, -0.05) is 19.0 Å². The van der Waals surface area contributed by atoms with Crippen molar-refractivity contribution in [3.63, 3.8) is 0 Å². The number of amides is 2. The maximum absolute atomic E-state index is 12.9. The molecule has 8 heteroatoms. The minimum Gasteiger partial charge on any atom is -0.360 e. The second kappa shape index (κ2) is 7.41. The molecule has 0 spiro atoms. The lowest BCUT2D eigenvalue weighted by atomic mass is 10.0. The molecule has 1 saturated carbocycles. The largest absolute Gasteiger partial charge is 0.360 e. The summed E-state index contributed by atoms with van der Waals surface area (Å²) in [6, 6.07) is 1.71. The monoisotopic (exact) mass is 385 g/mol. The summed E-state index contributed by atoms with van der Waals surface area (Å²) in [6.45, 7) is 8.23. The van der Waals surface area contributed by atoms with Gasteiger partial charge in [0.25, 0.3) is 11.8 Å². The summed E-state index contributed by atoms with van der Waals surface area (Å²) in [5, 5.41) is 11.4. The molecule has 0 unspecified atom stereocenters. The van der Waals surface area contributed by atoms with E-state index in [4.69, 9.17) is 4.52 Å². The molecule has 2 aliphatic rings. The second-order valence-corrected chi connectivity index (χ2v) is 8.00. The number of carbonyl (C=O) groups is 2. The Balaban J connectivity index is 1.59. The molecule has 0 radical (unpaired) electrons. The number of hydrogen-bond acceptors (Lipinski definition) is 5. The fourth-order valence-electron chi connectivity index (χ4n) is 3.61. The molecule has 8 nitrogen and oxygen atoms in total. The van der Waals surface area contributed by atoms with Crippen LogP contribution in [0.4, 0.5) is 0 Å². The third kappa shape index (κ3) is 3.55. The lowest BCUT2D eigenvalue weighted by Gasteiger charge is -2.27. The third-order valence-corrected chi connectivity index (χ3v) is 5.42. The van der Waals surface area contributed by atoms with Crippen LogP contribution < -0.4 is 5.32 Å². The minimum atomic E-state index is -0.175. The third-order valence-electron chi connectivity index (χ3n) is 5.42. The van der Waals surface area contributed by atoms with Gasteiger partial charge in [0.05, 0.1) is 6.54 Å². The van der Waals surface area contributed by atoms with Gasteiger partial charge in [-0.05, 0) is 25.7 Å². The summed E-state index contributed by atoms with van der Waals surface area (Å²) in [6.07, 6.45) is 3.13. The van der Waals surface area contributed by atoms with Crippen molar-refractivity contribution in [3.8, 4) is 0 Å². The van der Waals surface area contributed by atoms with Crippen LogP contribution in [0.2, 0.25) is 0 Å². The summed E-state index contributed by atoms with van der Waals surface area (Å²) in [4.78, 5) is 27.2. The van der Waals surface area contributed by atoms with Crippen LogP contribution in [-0.4, -0.2) is 44.7 Å². The maximum atomic E-state index is 12.9. The predicted octanol–water partition coefficient (Wildman–Crippen LogP) is 2.35. The van der Waals surface area contributed by atoms with E-state index in [1.54, 1.807) is 11.0 Å². The molecule has 28 heavy (non-hydrogen) atoms. The molecule has 2 aromatic rings. The van der Waals surface area contributed by atoms with Crippen LogP contribution in [0.25, 0.3) is 0 Å². The maximum Gasteiger partial charge on any atom is 0.276 e. The zero-order valence-corrected chi connectivity index (χ0v) is 16.7. The fourth-order valence-corrected chi connectivity index (χ4v) is 3.61. The van der Waals surface area contributed by atoms with Gasteiger partial charge in [-0.15, -0.1) is 0 Å². The number of hydrogen-bond donors (Lipinski definition) is 1. The molecule has 3 heterocycles. The van der Waals surface area contributed by atoms with Gasteiger partial charge in [-0.3, -0.25) is 14.3 Å². The van der Waals surface area contributed by atoms with Gasteiger partial charge >= 0.3 is 0 Å². The average molecular weight is 385 g/mol. The summed E-state index contributed by atoms with van der Waals surface area (Å²) < 4.78 is 7.27. The molecule has 1 N–H and O–H groups in total. The molecule has 0 aromatic carbocycles. The standard InChI is InChI=1S/C20H27N5O3/c1-4-21-19(26)18-14-11-24(20(27)15-9-17(12(2)3)28-23-15)8-7-16(14)25(22-18)10-13-5-6-13/h9,12-13H,4-8,10-11H2,1-3H3,(H,21,26). The van der Waals surface area contributed by atoms with Crippen molar-refractivity contribution in [2.45, 2.75) is 59.0 Å². The highest BCUT2D eigenvalue weighted by Gasteiger charge is 2.33. The van der Waals surface area contributed by atoms with E-state index in [9.17, 15) is 9.59 Å². The Hall–Kier alpha value is -2.64. The van der Waals surface area contributed by atoms with Crippen molar-refractivity contribution < 1.29 is 14.1 Å².